The van der Waals surface area contributed by atoms with E-state index in [9.17, 15) is 18.0 Å². The number of sulfone groups is 1. The smallest absolute Gasteiger partial charge is 0.357 e. The molecule has 0 atom stereocenters. The number of rotatable bonds is 2. The molecule has 0 N–H and O–H groups in total. The molecule has 0 unspecified atom stereocenters. The van der Waals surface area contributed by atoms with Gasteiger partial charge in [0.2, 0.25) is 9.84 Å². The van der Waals surface area contributed by atoms with Crippen LogP contribution < -0.4 is 0 Å². The lowest BCUT2D eigenvalue weighted by molar-refractivity contribution is 0.0583. The summed E-state index contributed by atoms with van der Waals surface area (Å²) in [6, 6.07) is 2.52. The van der Waals surface area contributed by atoms with Gasteiger partial charge in [-0.25, -0.2) is 28.0 Å². The molecule has 1 aliphatic heterocycles. The molecule has 0 bridgehead atoms. The van der Waals surface area contributed by atoms with Crippen LogP contribution in [0, 0.1) is 0 Å². The molecule has 0 aromatic carbocycles. The maximum atomic E-state index is 12.6. The van der Waals surface area contributed by atoms with Crippen molar-refractivity contribution in [2.24, 2.45) is 0 Å². The standard InChI is InChI=1S/C14H10N2O6S/c1-21-13(17)11-9-7(3-5-15-11)23(19,20)8-4-6-16-12(10(8)9)14(18)22-2/h3-6H,1-2H3. The van der Waals surface area contributed by atoms with Gasteiger partial charge in [-0.1, -0.05) is 0 Å². The minimum atomic E-state index is -3.89. The Morgan fingerprint density at radius 3 is 1.61 bits per heavy atom. The number of ether oxygens (including phenoxy) is 2. The Labute approximate surface area is 131 Å². The van der Waals surface area contributed by atoms with Crippen molar-refractivity contribution in [3.05, 3.63) is 35.9 Å². The van der Waals surface area contributed by atoms with E-state index in [1.807, 2.05) is 0 Å². The molecule has 0 aliphatic carbocycles. The minimum absolute atomic E-state index is 0.00264. The summed E-state index contributed by atoms with van der Waals surface area (Å²) in [5, 5.41) is 0. The van der Waals surface area contributed by atoms with E-state index in [-0.39, 0.29) is 32.3 Å². The van der Waals surface area contributed by atoms with Crippen molar-refractivity contribution in [2.75, 3.05) is 14.2 Å². The molecular weight excluding hydrogens is 324 g/mol. The van der Waals surface area contributed by atoms with Crippen LogP contribution in [0.4, 0.5) is 0 Å². The Kier molecular flexibility index (Phi) is 3.37. The number of carbonyl (C=O) groups excluding carboxylic acids is 2. The Morgan fingerprint density at radius 2 is 1.26 bits per heavy atom. The highest BCUT2D eigenvalue weighted by Gasteiger charge is 2.40. The van der Waals surface area contributed by atoms with Gasteiger partial charge in [0.1, 0.15) is 0 Å². The average Bonchev–Trinajstić information content (AvgIpc) is 2.81. The average molecular weight is 334 g/mol. The number of hydrogen-bond donors (Lipinski definition) is 0. The number of nitrogens with zero attached hydrogens (tertiary/aromatic N) is 2. The first-order valence-corrected chi connectivity index (χ1v) is 7.82. The van der Waals surface area contributed by atoms with Crippen molar-refractivity contribution in [1.82, 2.24) is 9.97 Å². The second kappa shape index (κ2) is 5.13. The molecule has 118 valence electrons. The SMILES string of the molecule is COC(=O)c1nccc2c1-c1c(ccnc1C(=O)OC)S2(=O)=O. The molecule has 2 aromatic heterocycles. The molecule has 0 fully saturated rings. The Balaban J connectivity index is 2.47. The van der Waals surface area contributed by atoms with Crippen molar-refractivity contribution in [2.45, 2.75) is 9.79 Å². The highest BCUT2D eigenvalue weighted by Crippen LogP contribution is 2.45. The largest absolute Gasteiger partial charge is 0.464 e. The molecule has 2 aromatic rings. The number of pyridine rings is 2. The van der Waals surface area contributed by atoms with Crippen molar-refractivity contribution in [3.63, 3.8) is 0 Å². The number of methoxy groups -OCH3 is 2. The number of carbonyl (C=O) groups is 2. The zero-order chi connectivity index (χ0) is 16.8. The van der Waals surface area contributed by atoms with Crippen molar-refractivity contribution in [3.8, 4) is 11.1 Å². The Morgan fingerprint density at radius 1 is 0.870 bits per heavy atom. The van der Waals surface area contributed by atoms with Gasteiger partial charge in [-0.05, 0) is 12.1 Å². The lowest BCUT2D eigenvalue weighted by Crippen LogP contribution is -2.10. The fourth-order valence-electron chi connectivity index (χ4n) is 2.44. The van der Waals surface area contributed by atoms with Gasteiger partial charge >= 0.3 is 11.9 Å². The number of fused-ring (bicyclic) bond motifs is 3. The number of esters is 2. The van der Waals surface area contributed by atoms with Crippen LogP contribution in [0.5, 0.6) is 0 Å². The predicted molar refractivity (Wildman–Crippen MR) is 75.6 cm³/mol. The third-order valence-electron chi connectivity index (χ3n) is 3.41. The van der Waals surface area contributed by atoms with Crippen LogP contribution in [0.15, 0.2) is 34.3 Å². The highest BCUT2D eigenvalue weighted by atomic mass is 32.2. The Hall–Kier alpha value is -2.81. The second-order valence-corrected chi connectivity index (χ2v) is 6.44. The molecule has 0 amide bonds. The lowest BCUT2D eigenvalue weighted by Gasteiger charge is -2.07. The molecular formula is C14H10N2O6S. The lowest BCUT2D eigenvalue weighted by atomic mass is 10.0. The van der Waals surface area contributed by atoms with Crippen LogP contribution in [-0.2, 0) is 19.3 Å². The van der Waals surface area contributed by atoms with E-state index >= 15 is 0 Å². The summed E-state index contributed by atoms with van der Waals surface area (Å²) in [6.07, 6.45) is 2.39. The van der Waals surface area contributed by atoms with E-state index in [0.29, 0.717) is 0 Å². The monoisotopic (exact) mass is 334 g/mol. The van der Waals surface area contributed by atoms with E-state index in [2.05, 4.69) is 19.4 Å². The molecule has 0 spiro atoms. The summed E-state index contributed by atoms with van der Waals surface area (Å²) in [6.45, 7) is 0. The van der Waals surface area contributed by atoms with E-state index in [4.69, 9.17) is 0 Å². The van der Waals surface area contributed by atoms with Gasteiger partial charge in [-0.3, -0.25) is 0 Å². The van der Waals surface area contributed by atoms with Crippen LogP contribution in [0.25, 0.3) is 11.1 Å². The Bertz CT molecular complexity index is 880. The first kappa shape index (κ1) is 15.1. The first-order chi connectivity index (χ1) is 10.9. The summed E-state index contributed by atoms with van der Waals surface area (Å²) in [4.78, 5) is 31.4. The van der Waals surface area contributed by atoms with Gasteiger partial charge in [0.05, 0.1) is 24.0 Å². The first-order valence-electron chi connectivity index (χ1n) is 6.33. The normalized spacial score (nSPS) is 13.8. The number of aromatic nitrogens is 2. The fourth-order valence-corrected chi connectivity index (χ4v) is 4.09. The summed E-state index contributed by atoms with van der Waals surface area (Å²) in [5.74, 6) is -1.63. The maximum absolute atomic E-state index is 12.6. The van der Waals surface area contributed by atoms with Gasteiger partial charge in [0.25, 0.3) is 0 Å². The second-order valence-electron chi connectivity index (χ2n) is 4.55. The van der Waals surface area contributed by atoms with Crippen molar-refractivity contribution in [1.29, 1.82) is 0 Å². The van der Waals surface area contributed by atoms with Crippen molar-refractivity contribution < 1.29 is 27.5 Å². The summed E-state index contributed by atoms with van der Waals surface area (Å²) >= 11 is 0. The zero-order valence-electron chi connectivity index (χ0n) is 12.1. The van der Waals surface area contributed by atoms with Gasteiger partial charge in [0.15, 0.2) is 11.4 Å². The third kappa shape index (κ3) is 2.00. The molecule has 1 aliphatic rings. The van der Waals surface area contributed by atoms with Crippen LogP contribution in [-0.4, -0.2) is 44.5 Å². The molecule has 3 heterocycles. The summed E-state index contributed by atoms with van der Waals surface area (Å²) < 4.78 is 34.6. The molecule has 8 nitrogen and oxygen atoms in total. The molecule has 23 heavy (non-hydrogen) atoms. The van der Waals surface area contributed by atoms with Crippen molar-refractivity contribution >= 4 is 21.8 Å². The van der Waals surface area contributed by atoms with E-state index in [1.54, 1.807) is 0 Å². The van der Waals surface area contributed by atoms with Crippen LogP contribution >= 0.6 is 0 Å². The van der Waals surface area contributed by atoms with Gasteiger partial charge in [0, 0.05) is 23.5 Å². The van der Waals surface area contributed by atoms with Gasteiger partial charge in [-0.15, -0.1) is 0 Å². The van der Waals surface area contributed by atoms with E-state index in [0.717, 1.165) is 14.2 Å². The highest BCUT2D eigenvalue weighted by molar-refractivity contribution is 7.92. The quantitative estimate of drug-likeness (QED) is 0.634. The van der Waals surface area contributed by atoms with E-state index in [1.165, 1.54) is 24.5 Å². The summed E-state index contributed by atoms with van der Waals surface area (Å²) in [7, 11) is -1.59. The predicted octanol–water partition coefficient (Wildman–Crippen LogP) is 0.863. The molecule has 0 radical (unpaired) electrons. The summed E-state index contributed by atoms with van der Waals surface area (Å²) in [5.41, 5.74) is -0.401. The maximum Gasteiger partial charge on any atom is 0.357 e. The molecule has 9 heteroatoms. The number of hydrogen-bond acceptors (Lipinski definition) is 8. The molecule has 0 saturated heterocycles. The molecule has 0 saturated carbocycles. The molecule has 3 rings (SSSR count). The van der Waals surface area contributed by atoms with E-state index < -0.39 is 21.8 Å². The minimum Gasteiger partial charge on any atom is -0.464 e. The third-order valence-corrected chi connectivity index (χ3v) is 5.25. The zero-order valence-corrected chi connectivity index (χ0v) is 12.9. The van der Waals surface area contributed by atoms with Crippen LogP contribution in [0.3, 0.4) is 0 Å². The fraction of sp³-hybridized carbons (Fsp3) is 0.143. The van der Waals surface area contributed by atoms with Crippen LogP contribution in [0.1, 0.15) is 21.0 Å². The van der Waals surface area contributed by atoms with Gasteiger partial charge < -0.3 is 9.47 Å². The topological polar surface area (TPSA) is 113 Å². The van der Waals surface area contributed by atoms with Gasteiger partial charge in [-0.2, -0.15) is 0 Å². The van der Waals surface area contributed by atoms with Crippen LogP contribution in [0.2, 0.25) is 0 Å².